The third-order valence-electron chi connectivity index (χ3n) is 14.3. The number of nitrogens with zero attached hydrogens (tertiary/aromatic N) is 4. The van der Waals surface area contributed by atoms with Gasteiger partial charge in [-0.25, -0.2) is 9.69 Å². The number of ketones is 2. The summed E-state index contributed by atoms with van der Waals surface area (Å²) >= 11 is 0. The number of imide groups is 1. The number of amides is 3. The Morgan fingerprint density at radius 2 is 1.55 bits per heavy atom. The lowest BCUT2D eigenvalue weighted by atomic mass is 9.57. The first-order chi connectivity index (χ1) is 33.7. The highest BCUT2D eigenvalue weighted by molar-refractivity contribution is 6.74. The number of urea groups is 1. The van der Waals surface area contributed by atoms with Crippen molar-refractivity contribution in [1.82, 2.24) is 15.0 Å². The topological polar surface area (TPSA) is 161 Å². The highest BCUT2D eigenvalue weighted by Crippen LogP contribution is 2.61. The van der Waals surface area contributed by atoms with E-state index in [4.69, 9.17) is 23.2 Å². The van der Waals surface area contributed by atoms with Crippen molar-refractivity contribution in [2.24, 2.45) is 11.8 Å². The minimum Gasteiger partial charge on any atom is -0.507 e. The zero-order chi connectivity index (χ0) is 51.2. The van der Waals surface area contributed by atoms with E-state index in [1.807, 2.05) is 76.0 Å². The molecule has 3 aliphatic carbocycles. The van der Waals surface area contributed by atoms with Gasteiger partial charge in [0.15, 0.2) is 25.4 Å². The van der Waals surface area contributed by atoms with E-state index >= 15 is 9.59 Å². The van der Waals surface area contributed by atoms with Gasteiger partial charge < -0.3 is 33.2 Å². The summed E-state index contributed by atoms with van der Waals surface area (Å²) in [5, 5.41) is 16.7. The number of hydrogen-bond acceptors (Lipinski definition) is 12. The molecule has 1 aromatic heterocycles. The Kier molecular flexibility index (Phi) is 14.0. The van der Waals surface area contributed by atoms with Gasteiger partial charge in [0, 0.05) is 42.8 Å². The van der Waals surface area contributed by atoms with Crippen LogP contribution < -0.4 is 19.1 Å². The van der Waals surface area contributed by atoms with Crippen LogP contribution in [0.5, 0.6) is 17.4 Å². The van der Waals surface area contributed by atoms with Crippen LogP contribution in [-0.4, -0.2) is 90.0 Å². The van der Waals surface area contributed by atoms with Crippen molar-refractivity contribution in [3.63, 3.8) is 0 Å². The molecule has 4 aromatic rings. The normalized spacial score (nSPS) is 21.2. The van der Waals surface area contributed by atoms with E-state index in [1.165, 1.54) is 4.90 Å². The molecule has 1 N–H and O–H groups in total. The van der Waals surface area contributed by atoms with Gasteiger partial charge in [-0.15, -0.1) is 26.3 Å². The molecule has 3 aromatic carbocycles. The Bertz CT molecular complexity index is 2760. The molecule has 3 amide bonds. The molecular formula is C53H59F3N4O10Si. The molecule has 18 heteroatoms. The SMILES string of the molecule is C=CCN(CC=C)[C@@H]1c2onc(OCc3ccccc3)c2C(=O)[C@@]2(O[Si](C)(C)C(C)(C)C)C(=O)C3=C(O)c4c(c(OC(F)(F)F)cc(N5C(=O)CN(CCCC)C5=O)c4OCc4ccccc4)C[C@H]3C[C@@H]12. The van der Waals surface area contributed by atoms with E-state index in [0.717, 1.165) is 16.5 Å². The summed E-state index contributed by atoms with van der Waals surface area (Å²) in [5.74, 6) is -6.71. The molecule has 0 bridgehead atoms. The molecular weight excluding hydrogens is 938 g/mol. The lowest BCUT2D eigenvalue weighted by molar-refractivity contribution is -0.275. The number of benzene rings is 3. The fraction of sp³-hybridized carbons (Fsp3) is 0.415. The summed E-state index contributed by atoms with van der Waals surface area (Å²) in [7, 11) is -3.24. The zero-order valence-corrected chi connectivity index (χ0v) is 41.8. The number of ether oxygens (including phenoxy) is 3. The fourth-order valence-electron chi connectivity index (χ4n) is 9.99. The maximum atomic E-state index is 16.4. The first kappa shape index (κ1) is 50.9. The van der Waals surface area contributed by atoms with Gasteiger partial charge in [-0.3, -0.25) is 19.3 Å². The lowest BCUT2D eigenvalue weighted by Crippen LogP contribution is -2.68. The Morgan fingerprint density at radius 3 is 2.13 bits per heavy atom. The van der Waals surface area contributed by atoms with Gasteiger partial charge in [-0.05, 0) is 59.6 Å². The standard InChI is InChI=1S/C53H59F3N4O10Si/c1-9-12-25-59-29-39(61)60(50(59)65)37-28-38(68-53(54,55)56)35-26-34-27-36-43(58(23-10-2)24-11-3)46-42(49(57-69-46)67-31-33-21-17-14-18-22-33)48(64)52(36,70-71(7,8)51(4,5)6)47(63)40(34)44(62)41(35)45(37)66-30-32-19-15-13-16-20-32/h10-11,13-22,28,34,36,43,62H,2-3,9,12,23-27,29-31H2,1,4-8H3/t34-,36-,43-,52-/m0/s1. The number of unbranched alkanes of at least 4 members (excludes halogenated alkanes) is 1. The van der Waals surface area contributed by atoms with Crippen LogP contribution in [0.25, 0.3) is 5.76 Å². The summed E-state index contributed by atoms with van der Waals surface area (Å²) in [6, 6.07) is 17.1. The second kappa shape index (κ2) is 19.6. The minimum absolute atomic E-state index is 0.0200. The number of hydrogen-bond donors (Lipinski definition) is 1. The molecule has 1 saturated heterocycles. The molecule has 1 aliphatic heterocycles. The van der Waals surface area contributed by atoms with Gasteiger partial charge in [-0.2, -0.15) is 0 Å². The summed E-state index contributed by atoms with van der Waals surface area (Å²) in [4.78, 5) is 64.3. The van der Waals surface area contributed by atoms with Crippen LogP contribution in [-0.2, 0) is 33.6 Å². The number of aliphatic hydroxyl groups is 1. The van der Waals surface area contributed by atoms with Crippen LogP contribution in [0.1, 0.15) is 91.4 Å². The molecule has 2 heterocycles. The molecule has 0 unspecified atom stereocenters. The van der Waals surface area contributed by atoms with Crippen molar-refractivity contribution in [2.75, 3.05) is 31.1 Å². The number of aliphatic hydroxyl groups excluding tert-OH is 1. The monoisotopic (exact) mass is 996 g/mol. The van der Waals surface area contributed by atoms with Crippen molar-refractivity contribution in [3.05, 3.63) is 131 Å². The third kappa shape index (κ3) is 9.32. The summed E-state index contributed by atoms with van der Waals surface area (Å²) in [5.41, 5.74) is -2.50. The van der Waals surface area contributed by atoms with E-state index in [1.54, 1.807) is 42.5 Å². The number of carbonyl (C=O) groups is 4. The van der Waals surface area contributed by atoms with Crippen molar-refractivity contribution in [3.8, 4) is 17.4 Å². The van der Waals surface area contributed by atoms with E-state index in [0.29, 0.717) is 18.4 Å². The number of aromatic nitrogens is 1. The van der Waals surface area contributed by atoms with Gasteiger partial charge in [-0.1, -0.05) is 107 Å². The van der Waals surface area contributed by atoms with Gasteiger partial charge in [0.2, 0.25) is 11.6 Å². The number of alkyl halides is 3. The largest absolute Gasteiger partial charge is 0.573 e. The van der Waals surface area contributed by atoms with E-state index < -0.39 is 89.5 Å². The average molecular weight is 997 g/mol. The van der Waals surface area contributed by atoms with Crippen LogP contribution in [0.4, 0.5) is 23.7 Å². The van der Waals surface area contributed by atoms with Crippen molar-refractivity contribution in [2.45, 2.75) is 103 Å². The highest BCUT2D eigenvalue weighted by Gasteiger charge is 2.69. The second-order valence-electron chi connectivity index (χ2n) is 19.9. The Hall–Kier alpha value is -6.50. The summed E-state index contributed by atoms with van der Waals surface area (Å²) in [6.45, 7) is 19.5. The lowest BCUT2D eigenvalue weighted by Gasteiger charge is -2.55. The number of halogens is 3. The van der Waals surface area contributed by atoms with Crippen LogP contribution in [0, 0.1) is 11.8 Å². The van der Waals surface area contributed by atoms with Gasteiger partial charge in [0.25, 0.3) is 11.8 Å². The van der Waals surface area contributed by atoms with E-state index in [9.17, 15) is 27.9 Å². The van der Waals surface area contributed by atoms with E-state index in [-0.39, 0.29) is 86.3 Å². The quantitative estimate of drug-likeness (QED) is 0.0435. The van der Waals surface area contributed by atoms with Crippen molar-refractivity contribution in [1.29, 1.82) is 0 Å². The molecule has 0 radical (unpaired) electrons. The van der Waals surface area contributed by atoms with Crippen molar-refractivity contribution >= 4 is 43.3 Å². The Balaban J connectivity index is 1.40. The van der Waals surface area contributed by atoms with Gasteiger partial charge in [0.1, 0.15) is 42.5 Å². The molecule has 14 nitrogen and oxygen atoms in total. The predicted molar refractivity (Wildman–Crippen MR) is 260 cm³/mol. The maximum Gasteiger partial charge on any atom is 0.573 e. The number of carbonyl (C=O) groups excluding carboxylic acids is 4. The second-order valence-corrected chi connectivity index (χ2v) is 24.6. The summed E-state index contributed by atoms with van der Waals surface area (Å²) < 4.78 is 74.8. The first-order valence-corrected chi connectivity index (χ1v) is 26.7. The zero-order valence-electron chi connectivity index (χ0n) is 40.8. The molecule has 1 saturated carbocycles. The molecule has 0 spiro atoms. The highest BCUT2D eigenvalue weighted by atomic mass is 28.4. The molecule has 71 heavy (non-hydrogen) atoms. The van der Waals surface area contributed by atoms with E-state index in [2.05, 4.69) is 18.3 Å². The number of fused-ring (bicyclic) bond motifs is 4. The minimum atomic E-state index is -5.29. The molecule has 8 rings (SSSR count). The molecule has 4 aliphatic rings. The van der Waals surface area contributed by atoms with Crippen LogP contribution in [0.2, 0.25) is 18.1 Å². The Morgan fingerprint density at radius 1 is 0.930 bits per heavy atom. The number of Topliss-reactive ketones (excluding diaryl/α,β-unsaturated/α-hetero) is 2. The molecule has 376 valence electrons. The number of rotatable bonds is 18. The number of anilines is 1. The average Bonchev–Trinajstić information content (AvgIpc) is 3.86. The summed E-state index contributed by atoms with van der Waals surface area (Å²) in [6.07, 6.45) is -1.22. The fourth-order valence-corrected chi connectivity index (χ4v) is 11.4. The Labute approximate surface area is 411 Å². The third-order valence-corrected chi connectivity index (χ3v) is 18.7. The van der Waals surface area contributed by atoms with Gasteiger partial charge >= 0.3 is 12.4 Å². The van der Waals surface area contributed by atoms with Crippen molar-refractivity contribution < 1.29 is 60.6 Å². The van der Waals surface area contributed by atoms with Crippen LogP contribution in [0.3, 0.4) is 0 Å². The smallest absolute Gasteiger partial charge is 0.507 e. The van der Waals surface area contributed by atoms with Gasteiger partial charge in [0.05, 0.1) is 11.6 Å². The van der Waals surface area contributed by atoms with Crippen LogP contribution >= 0.6 is 0 Å². The molecule has 4 atom stereocenters. The maximum absolute atomic E-state index is 16.4. The van der Waals surface area contributed by atoms with Crippen LogP contribution in [0.15, 0.2) is 102 Å². The predicted octanol–water partition coefficient (Wildman–Crippen LogP) is 10.7. The first-order valence-electron chi connectivity index (χ1n) is 23.8. The molecule has 2 fully saturated rings.